The van der Waals surface area contributed by atoms with Gasteiger partial charge in [-0.25, -0.2) is 0 Å². The van der Waals surface area contributed by atoms with Gasteiger partial charge in [0.2, 0.25) is 0 Å². The zero-order chi connectivity index (χ0) is 14.3. The van der Waals surface area contributed by atoms with Crippen molar-refractivity contribution in [3.8, 4) is 0 Å². The molecule has 19 heavy (non-hydrogen) atoms. The second-order valence-electron chi connectivity index (χ2n) is 5.90. The summed E-state index contributed by atoms with van der Waals surface area (Å²) < 4.78 is 0. The minimum absolute atomic E-state index is 0.326. The molecular weight excluding hydrogens is 277 g/mol. The predicted octanol–water partition coefficient (Wildman–Crippen LogP) is 5.34. The van der Waals surface area contributed by atoms with Gasteiger partial charge in [-0.15, -0.1) is 0 Å². The highest BCUT2D eigenvalue weighted by atomic mass is 35.5. The zero-order valence-electron chi connectivity index (χ0n) is 12.2. The van der Waals surface area contributed by atoms with E-state index in [1.54, 1.807) is 0 Å². The minimum Gasteiger partial charge on any atom is -0.317 e. The molecule has 0 aliphatic carbocycles. The third kappa shape index (κ3) is 6.65. The van der Waals surface area contributed by atoms with Crippen molar-refractivity contribution in [2.45, 2.75) is 46.5 Å². The quantitative estimate of drug-likeness (QED) is 0.639. The summed E-state index contributed by atoms with van der Waals surface area (Å²) >= 11 is 12.2. The van der Waals surface area contributed by atoms with E-state index in [1.165, 1.54) is 12.8 Å². The van der Waals surface area contributed by atoms with Crippen molar-refractivity contribution < 1.29 is 0 Å². The Balaban J connectivity index is 2.43. The Labute approximate surface area is 127 Å². The van der Waals surface area contributed by atoms with Crippen molar-refractivity contribution in [3.05, 3.63) is 33.8 Å². The van der Waals surface area contributed by atoms with Gasteiger partial charge in [-0.1, -0.05) is 44.0 Å². The van der Waals surface area contributed by atoms with Crippen molar-refractivity contribution in [1.82, 2.24) is 5.32 Å². The molecule has 108 valence electrons. The van der Waals surface area contributed by atoms with Gasteiger partial charge >= 0.3 is 0 Å². The van der Waals surface area contributed by atoms with Gasteiger partial charge < -0.3 is 5.32 Å². The first kappa shape index (κ1) is 16.8. The molecule has 0 fully saturated rings. The smallest absolute Gasteiger partial charge is 0.0439 e. The lowest BCUT2D eigenvalue weighted by Gasteiger charge is -2.25. The molecular formula is C16H25Cl2N. The molecule has 0 aromatic heterocycles. The second-order valence-corrected chi connectivity index (χ2v) is 6.74. The van der Waals surface area contributed by atoms with Crippen LogP contribution in [0, 0.1) is 5.41 Å². The molecule has 0 spiro atoms. The molecule has 1 aromatic carbocycles. The Bertz CT molecular complexity index is 388. The number of rotatable bonds is 8. The van der Waals surface area contributed by atoms with Crippen LogP contribution in [0.5, 0.6) is 0 Å². The van der Waals surface area contributed by atoms with Crippen LogP contribution in [-0.4, -0.2) is 13.1 Å². The molecule has 0 aliphatic heterocycles. The van der Waals surface area contributed by atoms with Gasteiger partial charge in [0.25, 0.3) is 0 Å². The van der Waals surface area contributed by atoms with Gasteiger partial charge in [0.05, 0.1) is 0 Å². The average Bonchev–Trinajstić information content (AvgIpc) is 2.36. The van der Waals surface area contributed by atoms with Gasteiger partial charge in [0, 0.05) is 10.0 Å². The minimum atomic E-state index is 0.326. The summed E-state index contributed by atoms with van der Waals surface area (Å²) in [7, 11) is 0. The molecule has 1 nitrogen and oxygen atoms in total. The van der Waals surface area contributed by atoms with Crippen molar-refractivity contribution in [1.29, 1.82) is 0 Å². The SMILES string of the molecule is CCCNCCC(C)(C)CCc1cc(Cl)ccc1Cl. The molecule has 0 radical (unpaired) electrons. The van der Waals surface area contributed by atoms with E-state index in [4.69, 9.17) is 23.2 Å². The van der Waals surface area contributed by atoms with Crippen molar-refractivity contribution in [2.24, 2.45) is 5.41 Å². The predicted molar refractivity (Wildman–Crippen MR) is 86.3 cm³/mol. The van der Waals surface area contributed by atoms with Crippen molar-refractivity contribution in [2.75, 3.05) is 13.1 Å². The standard InChI is InChI=1S/C16H25Cl2N/c1-4-10-19-11-9-16(2,3)8-7-13-12-14(17)5-6-15(13)18/h5-6,12,19H,4,7-11H2,1-3H3. The summed E-state index contributed by atoms with van der Waals surface area (Å²) in [6.07, 6.45) is 4.49. The van der Waals surface area contributed by atoms with E-state index in [0.717, 1.165) is 41.5 Å². The summed E-state index contributed by atoms with van der Waals surface area (Å²) in [5.41, 5.74) is 1.48. The highest BCUT2D eigenvalue weighted by molar-refractivity contribution is 6.33. The summed E-state index contributed by atoms with van der Waals surface area (Å²) in [5, 5.41) is 5.05. The van der Waals surface area contributed by atoms with Crippen LogP contribution in [-0.2, 0) is 6.42 Å². The Morgan fingerprint density at radius 3 is 2.53 bits per heavy atom. The lowest BCUT2D eigenvalue weighted by atomic mass is 9.83. The third-order valence-electron chi connectivity index (χ3n) is 3.48. The molecule has 0 bridgehead atoms. The topological polar surface area (TPSA) is 12.0 Å². The summed E-state index contributed by atoms with van der Waals surface area (Å²) in [6.45, 7) is 9.03. The third-order valence-corrected chi connectivity index (χ3v) is 4.09. The lowest BCUT2D eigenvalue weighted by Crippen LogP contribution is -2.23. The first-order valence-electron chi connectivity index (χ1n) is 7.09. The Hall–Kier alpha value is -0.240. The van der Waals surface area contributed by atoms with E-state index in [2.05, 4.69) is 26.1 Å². The van der Waals surface area contributed by atoms with E-state index in [0.29, 0.717) is 5.41 Å². The molecule has 1 N–H and O–H groups in total. The van der Waals surface area contributed by atoms with Crippen LogP contribution in [0.4, 0.5) is 0 Å². The fraction of sp³-hybridized carbons (Fsp3) is 0.625. The monoisotopic (exact) mass is 301 g/mol. The van der Waals surface area contributed by atoms with E-state index >= 15 is 0 Å². The number of benzene rings is 1. The fourth-order valence-corrected chi connectivity index (χ4v) is 2.47. The summed E-state index contributed by atoms with van der Waals surface area (Å²) in [4.78, 5) is 0. The van der Waals surface area contributed by atoms with Crippen LogP contribution in [0.25, 0.3) is 0 Å². The zero-order valence-corrected chi connectivity index (χ0v) is 13.7. The number of hydrogen-bond acceptors (Lipinski definition) is 1. The van der Waals surface area contributed by atoms with Gasteiger partial charge in [0.15, 0.2) is 0 Å². The molecule has 0 aliphatic rings. The Morgan fingerprint density at radius 2 is 1.84 bits per heavy atom. The molecule has 1 aromatic rings. The first-order chi connectivity index (χ1) is 8.94. The first-order valence-corrected chi connectivity index (χ1v) is 7.85. The molecule has 0 saturated heterocycles. The maximum Gasteiger partial charge on any atom is 0.0439 e. The summed E-state index contributed by atoms with van der Waals surface area (Å²) in [6, 6.07) is 5.71. The average molecular weight is 302 g/mol. The normalized spacial score (nSPS) is 11.8. The molecule has 0 saturated carbocycles. The van der Waals surface area contributed by atoms with Crippen LogP contribution in [0.1, 0.15) is 45.6 Å². The molecule has 0 atom stereocenters. The van der Waals surface area contributed by atoms with E-state index in [-0.39, 0.29) is 0 Å². The Morgan fingerprint density at radius 1 is 1.11 bits per heavy atom. The highest BCUT2D eigenvalue weighted by Crippen LogP contribution is 2.29. The van der Waals surface area contributed by atoms with Crippen LogP contribution in [0.15, 0.2) is 18.2 Å². The van der Waals surface area contributed by atoms with Crippen LogP contribution in [0.2, 0.25) is 10.0 Å². The van der Waals surface area contributed by atoms with E-state index in [1.807, 2.05) is 18.2 Å². The van der Waals surface area contributed by atoms with Crippen LogP contribution in [0.3, 0.4) is 0 Å². The molecule has 1 rings (SSSR count). The largest absolute Gasteiger partial charge is 0.317 e. The van der Waals surface area contributed by atoms with Crippen molar-refractivity contribution >= 4 is 23.2 Å². The molecule has 0 heterocycles. The van der Waals surface area contributed by atoms with Crippen LogP contribution < -0.4 is 5.32 Å². The van der Waals surface area contributed by atoms with Crippen molar-refractivity contribution in [3.63, 3.8) is 0 Å². The van der Waals surface area contributed by atoms with Gasteiger partial charge in [-0.3, -0.25) is 0 Å². The maximum absolute atomic E-state index is 6.20. The molecule has 0 amide bonds. The number of halogens is 2. The number of hydrogen-bond donors (Lipinski definition) is 1. The van der Waals surface area contributed by atoms with Gasteiger partial charge in [-0.2, -0.15) is 0 Å². The van der Waals surface area contributed by atoms with E-state index in [9.17, 15) is 0 Å². The number of aryl methyl sites for hydroxylation is 1. The Kier molecular flexibility index (Phi) is 7.20. The lowest BCUT2D eigenvalue weighted by molar-refractivity contribution is 0.302. The second kappa shape index (κ2) is 8.14. The molecule has 3 heteroatoms. The fourth-order valence-electron chi connectivity index (χ4n) is 2.06. The number of nitrogens with one attached hydrogen (secondary N) is 1. The van der Waals surface area contributed by atoms with Gasteiger partial charge in [-0.05, 0) is 68.0 Å². The maximum atomic E-state index is 6.20. The van der Waals surface area contributed by atoms with Crippen LogP contribution >= 0.6 is 23.2 Å². The highest BCUT2D eigenvalue weighted by Gasteiger charge is 2.17. The molecule has 0 unspecified atom stereocenters. The summed E-state index contributed by atoms with van der Waals surface area (Å²) in [5.74, 6) is 0. The van der Waals surface area contributed by atoms with Gasteiger partial charge in [0.1, 0.15) is 0 Å². The van der Waals surface area contributed by atoms with E-state index < -0.39 is 0 Å².